The Morgan fingerprint density at radius 2 is 2.22 bits per heavy atom. The zero-order chi connectivity index (χ0) is 12.5. The minimum atomic E-state index is -0.336. The van der Waals surface area contributed by atoms with Crippen LogP contribution in [0.4, 0.5) is 0 Å². The van der Waals surface area contributed by atoms with Crippen molar-refractivity contribution in [2.75, 3.05) is 19.7 Å². The van der Waals surface area contributed by atoms with Crippen molar-refractivity contribution in [3.63, 3.8) is 0 Å². The fourth-order valence-electron chi connectivity index (χ4n) is 3.17. The molecular weight excluding hydrogens is 226 g/mol. The van der Waals surface area contributed by atoms with Crippen molar-refractivity contribution >= 4 is 0 Å². The van der Waals surface area contributed by atoms with Gasteiger partial charge in [0, 0.05) is 19.1 Å². The lowest BCUT2D eigenvalue weighted by Gasteiger charge is -2.37. The Morgan fingerprint density at radius 1 is 1.39 bits per heavy atom. The van der Waals surface area contributed by atoms with Crippen molar-refractivity contribution in [1.29, 1.82) is 0 Å². The standard InChI is InChI=1S/C15H21NO2/c1-2-12-10-16(7-8-18-12)14-9-11-5-3-4-6-13(11)15(14)17/h3-6,12,14-15,17H,2,7-10H2,1H3. The van der Waals surface area contributed by atoms with E-state index in [1.807, 2.05) is 6.07 Å². The van der Waals surface area contributed by atoms with Gasteiger partial charge in [0.25, 0.3) is 0 Å². The molecule has 18 heavy (non-hydrogen) atoms. The van der Waals surface area contributed by atoms with E-state index in [9.17, 15) is 5.11 Å². The molecule has 0 saturated carbocycles. The molecule has 3 nitrogen and oxygen atoms in total. The third-order valence-corrected chi connectivity index (χ3v) is 4.26. The first-order valence-electron chi connectivity index (χ1n) is 6.91. The van der Waals surface area contributed by atoms with E-state index in [4.69, 9.17) is 4.74 Å². The maximum absolute atomic E-state index is 10.5. The van der Waals surface area contributed by atoms with Crippen LogP contribution in [0.3, 0.4) is 0 Å². The number of aliphatic hydroxyl groups excluding tert-OH is 1. The Labute approximate surface area is 108 Å². The zero-order valence-electron chi connectivity index (χ0n) is 10.9. The summed E-state index contributed by atoms with van der Waals surface area (Å²) in [5, 5.41) is 10.5. The predicted molar refractivity (Wildman–Crippen MR) is 70.5 cm³/mol. The second-order valence-corrected chi connectivity index (χ2v) is 5.31. The van der Waals surface area contributed by atoms with Gasteiger partial charge in [-0.1, -0.05) is 31.2 Å². The number of fused-ring (bicyclic) bond motifs is 1. The van der Waals surface area contributed by atoms with E-state index in [0.717, 1.165) is 38.1 Å². The van der Waals surface area contributed by atoms with Crippen LogP contribution < -0.4 is 0 Å². The number of hydrogen-bond acceptors (Lipinski definition) is 3. The molecule has 1 aromatic rings. The second-order valence-electron chi connectivity index (χ2n) is 5.31. The summed E-state index contributed by atoms with van der Waals surface area (Å²) in [7, 11) is 0. The molecule has 0 radical (unpaired) electrons. The fraction of sp³-hybridized carbons (Fsp3) is 0.600. The third kappa shape index (κ3) is 2.07. The number of ether oxygens (including phenoxy) is 1. The summed E-state index contributed by atoms with van der Waals surface area (Å²) in [4.78, 5) is 2.41. The van der Waals surface area contributed by atoms with Gasteiger partial charge in [0.1, 0.15) is 0 Å². The smallest absolute Gasteiger partial charge is 0.0951 e. The van der Waals surface area contributed by atoms with Crippen LogP contribution in [0.1, 0.15) is 30.6 Å². The van der Waals surface area contributed by atoms with Gasteiger partial charge in [-0.15, -0.1) is 0 Å². The summed E-state index contributed by atoms with van der Waals surface area (Å²) in [6.45, 7) is 4.84. The van der Waals surface area contributed by atoms with E-state index < -0.39 is 0 Å². The molecule has 0 amide bonds. The van der Waals surface area contributed by atoms with Crippen molar-refractivity contribution in [3.05, 3.63) is 35.4 Å². The van der Waals surface area contributed by atoms with Crippen molar-refractivity contribution in [3.8, 4) is 0 Å². The summed E-state index contributed by atoms with van der Waals surface area (Å²) in [5.74, 6) is 0. The minimum Gasteiger partial charge on any atom is -0.387 e. The molecule has 1 heterocycles. The average Bonchev–Trinajstić information content (AvgIpc) is 2.77. The number of aliphatic hydroxyl groups is 1. The Balaban J connectivity index is 1.75. The summed E-state index contributed by atoms with van der Waals surface area (Å²) < 4.78 is 5.71. The van der Waals surface area contributed by atoms with Crippen molar-refractivity contribution in [2.24, 2.45) is 0 Å². The van der Waals surface area contributed by atoms with Crippen LogP contribution in [0.2, 0.25) is 0 Å². The van der Waals surface area contributed by atoms with Gasteiger partial charge in [-0.05, 0) is 24.0 Å². The van der Waals surface area contributed by atoms with E-state index in [0.29, 0.717) is 6.10 Å². The largest absolute Gasteiger partial charge is 0.387 e. The first kappa shape index (κ1) is 12.2. The zero-order valence-corrected chi connectivity index (χ0v) is 10.9. The van der Waals surface area contributed by atoms with E-state index in [1.54, 1.807) is 0 Å². The summed E-state index contributed by atoms with van der Waals surface area (Å²) >= 11 is 0. The molecule has 1 fully saturated rings. The molecule has 0 aromatic heterocycles. The van der Waals surface area contributed by atoms with Crippen LogP contribution in [0.15, 0.2) is 24.3 Å². The average molecular weight is 247 g/mol. The first-order valence-corrected chi connectivity index (χ1v) is 6.91. The molecule has 3 heteroatoms. The molecule has 0 bridgehead atoms. The minimum absolute atomic E-state index is 0.236. The van der Waals surface area contributed by atoms with Gasteiger partial charge in [-0.25, -0.2) is 0 Å². The number of nitrogens with zero attached hydrogens (tertiary/aromatic N) is 1. The van der Waals surface area contributed by atoms with Crippen molar-refractivity contribution < 1.29 is 9.84 Å². The number of rotatable bonds is 2. The van der Waals surface area contributed by atoms with Gasteiger partial charge in [0.05, 0.1) is 18.8 Å². The highest BCUT2D eigenvalue weighted by atomic mass is 16.5. The molecule has 3 rings (SSSR count). The quantitative estimate of drug-likeness (QED) is 0.864. The van der Waals surface area contributed by atoms with Crippen LogP contribution in [-0.2, 0) is 11.2 Å². The van der Waals surface area contributed by atoms with E-state index >= 15 is 0 Å². The highest BCUT2D eigenvalue weighted by Gasteiger charge is 2.36. The molecule has 1 aliphatic carbocycles. The SMILES string of the molecule is CCC1CN(C2Cc3ccccc3C2O)CCO1. The van der Waals surface area contributed by atoms with Gasteiger partial charge >= 0.3 is 0 Å². The van der Waals surface area contributed by atoms with Crippen LogP contribution in [0.25, 0.3) is 0 Å². The van der Waals surface area contributed by atoms with Gasteiger partial charge in [0.2, 0.25) is 0 Å². The number of morpholine rings is 1. The number of hydrogen-bond donors (Lipinski definition) is 1. The van der Waals surface area contributed by atoms with Crippen LogP contribution >= 0.6 is 0 Å². The predicted octanol–water partition coefficient (Wildman–Crippen LogP) is 1.76. The third-order valence-electron chi connectivity index (χ3n) is 4.26. The molecule has 2 aliphatic rings. The van der Waals surface area contributed by atoms with Gasteiger partial charge in [0.15, 0.2) is 0 Å². The molecule has 1 aromatic carbocycles. The molecule has 3 atom stereocenters. The summed E-state index contributed by atoms with van der Waals surface area (Å²) in [6, 6.07) is 8.50. The molecule has 1 N–H and O–H groups in total. The molecule has 1 saturated heterocycles. The lowest BCUT2D eigenvalue weighted by Crippen LogP contribution is -2.49. The topological polar surface area (TPSA) is 32.7 Å². The van der Waals surface area contributed by atoms with Crippen molar-refractivity contribution in [2.45, 2.75) is 38.0 Å². The molecule has 3 unspecified atom stereocenters. The number of benzene rings is 1. The Bertz CT molecular complexity index is 421. The first-order chi connectivity index (χ1) is 8.79. The maximum Gasteiger partial charge on any atom is 0.0951 e. The molecular formula is C15H21NO2. The van der Waals surface area contributed by atoms with Crippen LogP contribution in [0, 0.1) is 0 Å². The second kappa shape index (κ2) is 5.00. The highest BCUT2D eigenvalue weighted by Crippen LogP contribution is 2.35. The summed E-state index contributed by atoms with van der Waals surface area (Å²) in [6.07, 6.45) is 2.01. The van der Waals surface area contributed by atoms with Crippen LogP contribution in [0.5, 0.6) is 0 Å². The Hall–Kier alpha value is -0.900. The molecule has 1 aliphatic heterocycles. The maximum atomic E-state index is 10.5. The lowest BCUT2D eigenvalue weighted by atomic mass is 10.1. The van der Waals surface area contributed by atoms with Gasteiger partial charge in [-0.2, -0.15) is 0 Å². The lowest BCUT2D eigenvalue weighted by molar-refractivity contribution is -0.0624. The molecule has 0 spiro atoms. The van der Waals surface area contributed by atoms with E-state index in [2.05, 4.69) is 30.0 Å². The monoisotopic (exact) mass is 247 g/mol. The fourth-order valence-corrected chi connectivity index (χ4v) is 3.17. The highest BCUT2D eigenvalue weighted by molar-refractivity contribution is 5.35. The van der Waals surface area contributed by atoms with Crippen molar-refractivity contribution in [1.82, 2.24) is 4.90 Å². The Kier molecular flexibility index (Phi) is 3.37. The van der Waals surface area contributed by atoms with E-state index in [-0.39, 0.29) is 12.1 Å². The van der Waals surface area contributed by atoms with Crippen LogP contribution in [-0.4, -0.2) is 41.8 Å². The van der Waals surface area contributed by atoms with Gasteiger partial charge < -0.3 is 9.84 Å². The van der Waals surface area contributed by atoms with Gasteiger partial charge in [-0.3, -0.25) is 4.90 Å². The molecule has 98 valence electrons. The van der Waals surface area contributed by atoms with E-state index in [1.165, 1.54) is 5.56 Å². The summed E-state index contributed by atoms with van der Waals surface area (Å²) in [5.41, 5.74) is 2.41. The normalized spacial score (nSPS) is 32.4. The Morgan fingerprint density at radius 3 is 3.00 bits per heavy atom.